The Morgan fingerprint density at radius 2 is 2.05 bits per heavy atom. The maximum absolute atomic E-state index is 12.1. The lowest BCUT2D eigenvalue weighted by molar-refractivity contribution is -0.122. The van der Waals surface area contributed by atoms with Gasteiger partial charge in [-0.05, 0) is 18.6 Å². The largest absolute Gasteiger partial charge is 0.480 e. The molecule has 96 valence electrons. The first-order chi connectivity index (χ1) is 9.22. The third-order valence-corrected chi connectivity index (χ3v) is 2.99. The van der Waals surface area contributed by atoms with Crippen molar-refractivity contribution in [3.05, 3.63) is 48.0 Å². The average molecular weight is 255 g/mol. The van der Waals surface area contributed by atoms with Gasteiger partial charge in [-0.25, -0.2) is 9.97 Å². The highest BCUT2D eigenvalue weighted by Gasteiger charge is 2.28. The van der Waals surface area contributed by atoms with Crippen LogP contribution in [0.4, 0.5) is 5.69 Å². The molecule has 1 aliphatic rings. The van der Waals surface area contributed by atoms with Crippen LogP contribution in [0.25, 0.3) is 0 Å². The molecular weight excluding hydrogens is 242 g/mol. The van der Waals surface area contributed by atoms with E-state index in [4.69, 9.17) is 4.74 Å². The number of benzene rings is 1. The third kappa shape index (κ3) is 2.40. The molecule has 19 heavy (non-hydrogen) atoms. The van der Waals surface area contributed by atoms with E-state index in [9.17, 15) is 4.79 Å². The summed E-state index contributed by atoms with van der Waals surface area (Å²) in [5.74, 6) is 1.27. The predicted molar refractivity (Wildman–Crippen MR) is 70.0 cm³/mol. The molecule has 1 aromatic carbocycles. The summed E-state index contributed by atoms with van der Waals surface area (Å²) < 4.78 is 5.61. The summed E-state index contributed by atoms with van der Waals surface area (Å²) in [4.78, 5) is 20.1. The van der Waals surface area contributed by atoms with Gasteiger partial charge in [-0.2, -0.15) is 0 Å². The van der Waals surface area contributed by atoms with E-state index < -0.39 is 6.10 Å². The van der Waals surface area contributed by atoms with Crippen LogP contribution in [0.5, 0.6) is 5.75 Å². The lowest BCUT2D eigenvalue weighted by Crippen LogP contribution is -2.31. The van der Waals surface area contributed by atoms with Crippen molar-refractivity contribution >= 4 is 11.6 Å². The number of hydrogen-bond donors (Lipinski definition) is 1. The molecule has 0 saturated heterocycles. The van der Waals surface area contributed by atoms with Gasteiger partial charge < -0.3 is 10.1 Å². The Balaban J connectivity index is 1.68. The topological polar surface area (TPSA) is 64.1 Å². The highest BCUT2D eigenvalue weighted by Crippen LogP contribution is 2.28. The van der Waals surface area contributed by atoms with E-state index in [1.54, 1.807) is 19.3 Å². The SMILES string of the molecule is Cc1ncc(NC(=O)C2Cc3ccccc3O2)cn1. The zero-order chi connectivity index (χ0) is 13.2. The van der Waals surface area contributed by atoms with Crippen molar-refractivity contribution in [3.8, 4) is 5.75 Å². The Kier molecular flexibility index (Phi) is 2.87. The molecule has 0 spiro atoms. The number of aromatic nitrogens is 2. The van der Waals surface area contributed by atoms with Crippen molar-refractivity contribution in [1.29, 1.82) is 0 Å². The minimum absolute atomic E-state index is 0.177. The second-order valence-electron chi connectivity index (χ2n) is 4.43. The van der Waals surface area contributed by atoms with E-state index in [2.05, 4.69) is 15.3 Å². The molecule has 0 fully saturated rings. The lowest BCUT2D eigenvalue weighted by Gasteiger charge is -2.10. The van der Waals surface area contributed by atoms with Crippen LogP contribution in [-0.2, 0) is 11.2 Å². The summed E-state index contributed by atoms with van der Waals surface area (Å²) >= 11 is 0. The summed E-state index contributed by atoms with van der Waals surface area (Å²) in [6.45, 7) is 1.79. The van der Waals surface area contributed by atoms with E-state index in [-0.39, 0.29) is 5.91 Å². The summed E-state index contributed by atoms with van der Waals surface area (Å²) in [6.07, 6.45) is 3.28. The van der Waals surface area contributed by atoms with Crippen LogP contribution in [0.1, 0.15) is 11.4 Å². The second kappa shape index (κ2) is 4.68. The van der Waals surface area contributed by atoms with Gasteiger partial charge in [-0.15, -0.1) is 0 Å². The number of ether oxygens (including phenoxy) is 1. The smallest absolute Gasteiger partial charge is 0.265 e. The Bertz CT molecular complexity index is 585. The number of carbonyl (C=O) groups is 1. The van der Waals surface area contributed by atoms with Crippen molar-refractivity contribution < 1.29 is 9.53 Å². The predicted octanol–water partition coefficient (Wildman–Crippen LogP) is 1.73. The normalized spacial score (nSPS) is 16.6. The first-order valence-electron chi connectivity index (χ1n) is 6.06. The number of hydrogen-bond acceptors (Lipinski definition) is 4. The molecule has 2 aromatic rings. The van der Waals surface area contributed by atoms with E-state index in [1.807, 2.05) is 24.3 Å². The van der Waals surface area contributed by atoms with Gasteiger partial charge in [0.2, 0.25) is 0 Å². The molecule has 0 saturated carbocycles. The van der Waals surface area contributed by atoms with Gasteiger partial charge in [-0.1, -0.05) is 18.2 Å². The number of nitrogens with zero attached hydrogens (tertiary/aromatic N) is 2. The van der Waals surface area contributed by atoms with Gasteiger partial charge >= 0.3 is 0 Å². The molecule has 2 heterocycles. The van der Waals surface area contributed by atoms with Crippen LogP contribution in [0.3, 0.4) is 0 Å². The molecule has 1 unspecified atom stereocenters. The van der Waals surface area contributed by atoms with Crippen molar-refractivity contribution in [1.82, 2.24) is 9.97 Å². The fourth-order valence-corrected chi connectivity index (χ4v) is 2.01. The zero-order valence-electron chi connectivity index (χ0n) is 10.5. The number of fused-ring (bicyclic) bond motifs is 1. The fourth-order valence-electron chi connectivity index (χ4n) is 2.01. The van der Waals surface area contributed by atoms with Crippen LogP contribution in [0.15, 0.2) is 36.7 Å². The van der Waals surface area contributed by atoms with E-state index in [1.165, 1.54) is 0 Å². The third-order valence-electron chi connectivity index (χ3n) is 2.99. The second-order valence-corrected chi connectivity index (χ2v) is 4.43. The molecule has 5 nitrogen and oxygen atoms in total. The highest BCUT2D eigenvalue weighted by atomic mass is 16.5. The molecule has 1 aliphatic heterocycles. The van der Waals surface area contributed by atoms with E-state index >= 15 is 0 Å². The van der Waals surface area contributed by atoms with E-state index in [0.29, 0.717) is 17.9 Å². The van der Waals surface area contributed by atoms with Crippen LogP contribution in [0, 0.1) is 6.92 Å². The Hall–Kier alpha value is -2.43. The molecule has 0 aliphatic carbocycles. The Labute approximate surface area is 110 Å². The van der Waals surface area contributed by atoms with Crippen molar-refractivity contribution in [2.45, 2.75) is 19.4 Å². The molecule has 3 rings (SSSR count). The van der Waals surface area contributed by atoms with Gasteiger partial charge in [0.1, 0.15) is 11.6 Å². The zero-order valence-corrected chi connectivity index (χ0v) is 10.5. The Morgan fingerprint density at radius 3 is 2.79 bits per heavy atom. The molecule has 0 bridgehead atoms. The summed E-state index contributed by atoms with van der Waals surface area (Å²) in [6, 6.07) is 7.68. The van der Waals surface area contributed by atoms with Crippen LogP contribution in [0.2, 0.25) is 0 Å². The lowest BCUT2D eigenvalue weighted by atomic mass is 10.1. The Morgan fingerprint density at radius 1 is 1.32 bits per heavy atom. The fraction of sp³-hybridized carbons (Fsp3) is 0.214. The van der Waals surface area contributed by atoms with Crippen LogP contribution >= 0.6 is 0 Å². The maximum Gasteiger partial charge on any atom is 0.265 e. The summed E-state index contributed by atoms with van der Waals surface area (Å²) in [5, 5.41) is 2.76. The molecule has 1 aromatic heterocycles. The number of nitrogens with one attached hydrogen (secondary N) is 1. The maximum atomic E-state index is 12.1. The van der Waals surface area contributed by atoms with Crippen molar-refractivity contribution in [2.75, 3.05) is 5.32 Å². The molecule has 1 amide bonds. The van der Waals surface area contributed by atoms with Crippen LogP contribution < -0.4 is 10.1 Å². The standard InChI is InChI=1S/C14H13N3O2/c1-9-15-7-11(8-16-9)17-14(18)13-6-10-4-2-3-5-12(10)19-13/h2-5,7-8,13H,6H2,1H3,(H,17,18). The number of carbonyl (C=O) groups excluding carboxylic acids is 1. The molecule has 0 radical (unpaired) electrons. The first kappa shape index (κ1) is 11.6. The summed E-state index contributed by atoms with van der Waals surface area (Å²) in [5.41, 5.74) is 1.64. The monoisotopic (exact) mass is 255 g/mol. The van der Waals surface area contributed by atoms with Gasteiger partial charge in [-0.3, -0.25) is 4.79 Å². The van der Waals surface area contributed by atoms with Gasteiger partial charge in [0.15, 0.2) is 6.10 Å². The molecular formula is C14H13N3O2. The van der Waals surface area contributed by atoms with Crippen molar-refractivity contribution in [2.24, 2.45) is 0 Å². The van der Waals surface area contributed by atoms with Gasteiger partial charge in [0.05, 0.1) is 18.1 Å². The molecule has 1 atom stereocenters. The van der Waals surface area contributed by atoms with Crippen molar-refractivity contribution in [3.63, 3.8) is 0 Å². The number of aryl methyl sites for hydroxylation is 1. The van der Waals surface area contributed by atoms with Gasteiger partial charge in [0.25, 0.3) is 5.91 Å². The minimum Gasteiger partial charge on any atom is -0.480 e. The average Bonchev–Trinajstić information content (AvgIpc) is 2.85. The number of anilines is 1. The van der Waals surface area contributed by atoms with E-state index in [0.717, 1.165) is 11.3 Å². The number of amides is 1. The van der Waals surface area contributed by atoms with Gasteiger partial charge in [0, 0.05) is 6.42 Å². The first-order valence-corrected chi connectivity index (χ1v) is 6.06. The molecule has 1 N–H and O–H groups in total. The number of rotatable bonds is 2. The molecule has 5 heteroatoms. The minimum atomic E-state index is -0.487. The highest BCUT2D eigenvalue weighted by molar-refractivity contribution is 5.94. The number of para-hydroxylation sites is 1. The summed E-state index contributed by atoms with van der Waals surface area (Å²) in [7, 11) is 0. The quantitative estimate of drug-likeness (QED) is 0.887. The van der Waals surface area contributed by atoms with Crippen LogP contribution in [-0.4, -0.2) is 22.0 Å².